The smallest absolute Gasteiger partial charge is 0.0717 e. The van der Waals surface area contributed by atoms with Crippen molar-refractivity contribution in [1.82, 2.24) is 0 Å². The van der Waals surface area contributed by atoms with Gasteiger partial charge in [-0.15, -0.1) is 0 Å². The first-order valence-corrected chi connectivity index (χ1v) is 5.70. The lowest BCUT2D eigenvalue weighted by molar-refractivity contribution is 0.0666. The van der Waals surface area contributed by atoms with Crippen molar-refractivity contribution in [2.75, 3.05) is 19.8 Å². The molecule has 0 heterocycles. The summed E-state index contributed by atoms with van der Waals surface area (Å²) in [5, 5.41) is 17.7. The van der Waals surface area contributed by atoms with Gasteiger partial charge in [0.1, 0.15) is 0 Å². The molecule has 0 bridgehead atoms. The third-order valence-electron chi connectivity index (χ3n) is 2.54. The van der Waals surface area contributed by atoms with Crippen LogP contribution in [0.4, 0.5) is 0 Å². The fraction of sp³-hybridized carbons (Fsp3) is 0.538. The first kappa shape index (κ1) is 13.2. The van der Waals surface area contributed by atoms with Gasteiger partial charge in [0.15, 0.2) is 0 Å². The Morgan fingerprint density at radius 1 is 1.00 bits per heavy atom. The van der Waals surface area contributed by atoms with Gasteiger partial charge in [0.2, 0.25) is 0 Å². The van der Waals surface area contributed by atoms with E-state index in [0.29, 0.717) is 26.1 Å². The molecule has 0 aromatic heterocycles. The number of hydrogen-bond acceptors (Lipinski definition) is 3. The Labute approximate surface area is 96.7 Å². The molecule has 90 valence electrons. The molecule has 0 aliphatic heterocycles. The Kier molecular flexibility index (Phi) is 6.81. The molecule has 1 aromatic rings. The number of benzene rings is 1. The molecule has 1 rings (SSSR count). The van der Waals surface area contributed by atoms with Gasteiger partial charge in [-0.05, 0) is 24.3 Å². The minimum atomic E-state index is 0.152. The summed E-state index contributed by atoms with van der Waals surface area (Å²) in [6, 6.07) is 9.99. The molecule has 3 nitrogen and oxygen atoms in total. The summed E-state index contributed by atoms with van der Waals surface area (Å²) in [5.74, 6) is 0.249. The molecule has 3 heteroatoms. The third-order valence-corrected chi connectivity index (χ3v) is 2.54. The van der Waals surface area contributed by atoms with Gasteiger partial charge in [-0.2, -0.15) is 0 Å². The zero-order valence-electron chi connectivity index (χ0n) is 9.51. The van der Waals surface area contributed by atoms with Crippen LogP contribution in [0.5, 0.6) is 0 Å². The van der Waals surface area contributed by atoms with E-state index in [9.17, 15) is 0 Å². The molecule has 0 amide bonds. The highest BCUT2D eigenvalue weighted by Gasteiger charge is 2.07. The molecule has 0 saturated heterocycles. The molecule has 0 unspecified atom stereocenters. The van der Waals surface area contributed by atoms with Crippen LogP contribution < -0.4 is 0 Å². The second kappa shape index (κ2) is 8.28. The molecule has 0 spiro atoms. The topological polar surface area (TPSA) is 49.7 Å². The van der Waals surface area contributed by atoms with Crippen LogP contribution in [-0.4, -0.2) is 30.0 Å². The second-order valence-electron chi connectivity index (χ2n) is 3.89. The van der Waals surface area contributed by atoms with Crippen LogP contribution in [0.2, 0.25) is 0 Å². The van der Waals surface area contributed by atoms with Crippen molar-refractivity contribution < 1.29 is 14.9 Å². The zero-order valence-corrected chi connectivity index (χ0v) is 9.51. The van der Waals surface area contributed by atoms with Gasteiger partial charge in [0, 0.05) is 13.2 Å². The van der Waals surface area contributed by atoms with Crippen molar-refractivity contribution in [3.8, 4) is 0 Å². The standard InChI is InChI=1S/C13H20O3/c14-8-6-13(7-9-15)11-16-10-12-4-2-1-3-5-12/h1-5,13-15H,6-11H2. The molecular formula is C13H20O3. The summed E-state index contributed by atoms with van der Waals surface area (Å²) < 4.78 is 5.56. The van der Waals surface area contributed by atoms with Crippen molar-refractivity contribution in [3.63, 3.8) is 0 Å². The van der Waals surface area contributed by atoms with E-state index in [-0.39, 0.29) is 19.1 Å². The summed E-state index contributed by atoms with van der Waals surface area (Å²) in [5.41, 5.74) is 1.15. The molecular weight excluding hydrogens is 204 g/mol. The Morgan fingerprint density at radius 2 is 1.62 bits per heavy atom. The summed E-state index contributed by atoms with van der Waals surface area (Å²) in [7, 11) is 0. The minimum absolute atomic E-state index is 0.152. The lowest BCUT2D eigenvalue weighted by Gasteiger charge is -2.14. The van der Waals surface area contributed by atoms with Gasteiger partial charge >= 0.3 is 0 Å². The van der Waals surface area contributed by atoms with E-state index in [0.717, 1.165) is 5.56 Å². The van der Waals surface area contributed by atoms with Crippen LogP contribution in [0.15, 0.2) is 30.3 Å². The molecule has 0 saturated carbocycles. The van der Waals surface area contributed by atoms with E-state index in [2.05, 4.69) is 0 Å². The van der Waals surface area contributed by atoms with Crippen LogP contribution in [0, 0.1) is 5.92 Å². The molecule has 0 aliphatic carbocycles. The van der Waals surface area contributed by atoms with Gasteiger partial charge in [-0.3, -0.25) is 0 Å². The van der Waals surface area contributed by atoms with Gasteiger partial charge < -0.3 is 14.9 Å². The largest absolute Gasteiger partial charge is 0.396 e. The number of rotatable bonds is 8. The minimum Gasteiger partial charge on any atom is -0.396 e. The fourth-order valence-electron chi connectivity index (χ4n) is 1.59. The average molecular weight is 224 g/mol. The average Bonchev–Trinajstić information content (AvgIpc) is 2.31. The quantitative estimate of drug-likeness (QED) is 0.705. The van der Waals surface area contributed by atoms with Crippen LogP contribution in [0.25, 0.3) is 0 Å². The zero-order chi connectivity index (χ0) is 11.6. The van der Waals surface area contributed by atoms with E-state index in [1.807, 2.05) is 30.3 Å². The van der Waals surface area contributed by atoms with Crippen molar-refractivity contribution in [3.05, 3.63) is 35.9 Å². The Bertz CT molecular complexity index is 255. The molecule has 1 aromatic carbocycles. The van der Waals surface area contributed by atoms with E-state index in [1.165, 1.54) is 0 Å². The SMILES string of the molecule is OCCC(CCO)COCc1ccccc1. The molecule has 16 heavy (non-hydrogen) atoms. The maximum Gasteiger partial charge on any atom is 0.0717 e. The number of aliphatic hydroxyl groups excluding tert-OH is 2. The first-order chi connectivity index (χ1) is 7.86. The highest BCUT2D eigenvalue weighted by molar-refractivity contribution is 5.13. The summed E-state index contributed by atoms with van der Waals surface area (Å²) in [4.78, 5) is 0. The third kappa shape index (κ3) is 5.26. The summed E-state index contributed by atoms with van der Waals surface area (Å²) >= 11 is 0. The van der Waals surface area contributed by atoms with Gasteiger partial charge in [0.25, 0.3) is 0 Å². The van der Waals surface area contributed by atoms with Crippen molar-refractivity contribution in [2.45, 2.75) is 19.4 Å². The van der Waals surface area contributed by atoms with Crippen LogP contribution >= 0.6 is 0 Å². The highest BCUT2D eigenvalue weighted by atomic mass is 16.5. The predicted molar refractivity (Wildman–Crippen MR) is 63.0 cm³/mol. The van der Waals surface area contributed by atoms with E-state index in [4.69, 9.17) is 14.9 Å². The number of hydrogen-bond donors (Lipinski definition) is 2. The summed E-state index contributed by atoms with van der Waals surface area (Å²) in [6.07, 6.45) is 1.38. The van der Waals surface area contributed by atoms with Crippen molar-refractivity contribution in [2.24, 2.45) is 5.92 Å². The van der Waals surface area contributed by atoms with E-state index < -0.39 is 0 Å². The van der Waals surface area contributed by atoms with Gasteiger partial charge in [-0.1, -0.05) is 30.3 Å². The predicted octanol–water partition coefficient (Wildman–Crippen LogP) is 1.58. The lowest BCUT2D eigenvalue weighted by atomic mass is 10.0. The Morgan fingerprint density at radius 3 is 2.19 bits per heavy atom. The van der Waals surface area contributed by atoms with Gasteiger partial charge in [-0.25, -0.2) is 0 Å². The van der Waals surface area contributed by atoms with E-state index >= 15 is 0 Å². The Hall–Kier alpha value is -0.900. The monoisotopic (exact) mass is 224 g/mol. The maximum absolute atomic E-state index is 8.84. The van der Waals surface area contributed by atoms with Crippen LogP contribution in [0.3, 0.4) is 0 Å². The molecule has 0 radical (unpaired) electrons. The molecule has 0 aliphatic rings. The molecule has 0 fully saturated rings. The maximum atomic E-state index is 8.84. The molecule has 0 atom stereocenters. The fourth-order valence-corrected chi connectivity index (χ4v) is 1.59. The van der Waals surface area contributed by atoms with E-state index in [1.54, 1.807) is 0 Å². The molecule has 2 N–H and O–H groups in total. The second-order valence-corrected chi connectivity index (χ2v) is 3.89. The lowest BCUT2D eigenvalue weighted by Crippen LogP contribution is -2.13. The summed E-state index contributed by atoms with van der Waals surface area (Å²) in [6.45, 7) is 1.49. The van der Waals surface area contributed by atoms with Crippen molar-refractivity contribution >= 4 is 0 Å². The Balaban J connectivity index is 2.22. The van der Waals surface area contributed by atoms with Crippen molar-refractivity contribution in [1.29, 1.82) is 0 Å². The number of aliphatic hydroxyl groups is 2. The van der Waals surface area contributed by atoms with Gasteiger partial charge in [0.05, 0.1) is 13.2 Å². The van der Waals surface area contributed by atoms with Crippen LogP contribution in [0.1, 0.15) is 18.4 Å². The first-order valence-electron chi connectivity index (χ1n) is 5.70. The number of ether oxygens (including phenoxy) is 1. The normalized spacial score (nSPS) is 10.9. The highest BCUT2D eigenvalue weighted by Crippen LogP contribution is 2.10. The van der Waals surface area contributed by atoms with Crippen LogP contribution in [-0.2, 0) is 11.3 Å².